The number of rotatable bonds is 4. The Labute approximate surface area is 146 Å². The highest BCUT2D eigenvalue weighted by molar-refractivity contribution is 5.92. The van der Waals surface area contributed by atoms with Crippen LogP contribution >= 0.6 is 0 Å². The summed E-state index contributed by atoms with van der Waals surface area (Å²) in [5.74, 6) is -0.459. The normalized spacial score (nSPS) is 10.9. The molecule has 0 saturated carbocycles. The van der Waals surface area contributed by atoms with Gasteiger partial charge in [-0.1, -0.05) is 6.07 Å². The van der Waals surface area contributed by atoms with Crippen LogP contribution in [-0.4, -0.2) is 31.0 Å². The van der Waals surface area contributed by atoms with Gasteiger partial charge in [-0.15, -0.1) is 0 Å². The Morgan fingerprint density at radius 1 is 1.12 bits per heavy atom. The number of carbonyl (C=O) groups is 2. The van der Waals surface area contributed by atoms with Crippen LogP contribution in [0.1, 0.15) is 26.5 Å². The van der Waals surface area contributed by atoms with Gasteiger partial charge in [0.15, 0.2) is 0 Å². The number of fused-ring (bicyclic) bond motifs is 2. The van der Waals surface area contributed by atoms with Gasteiger partial charge in [0.1, 0.15) is 23.3 Å². The second kappa shape index (κ2) is 6.25. The Hall–Kier alpha value is -3.81. The number of nitrogens with one attached hydrogen (secondary N) is 1. The van der Waals surface area contributed by atoms with Crippen molar-refractivity contribution in [1.29, 1.82) is 0 Å². The minimum absolute atomic E-state index is 0.0493. The molecule has 0 aliphatic heterocycles. The van der Waals surface area contributed by atoms with Crippen LogP contribution in [0.15, 0.2) is 59.8 Å². The molecule has 0 saturated heterocycles. The summed E-state index contributed by atoms with van der Waals surface area (Å²) < 4.78 is 3.12. The van der Waals surface area contributed by atoms with Gasteiger partial charge in [-0.05, 0) is 24.3 Å². The highest BCUT2D eigenvalue weighted by Crippen LogP contribution is 2.07. The molecule has 0 aliphatic rings. The molecule has 0 fully saturated rings. The fourth-order valence-corrected chi connectivity index (χ4v) is 2.64. The molecule has 4 heterocycles. The lowest BCUT2D eigenvalue weighted by Gasteiger charge is -2.04. The van der Waals surface area contributed by atoms with Gasteiger partial charge in [-0.3, -0.25) is 18.8 Å². The SMILES string of the molecule is O=Cc1ccn2cc(CNC(=O)c3cc(=O)n4ccccc4n3)nc2c1. The summed E-state index contributed by atoms with van der Waals surface area (Å²) in [4.78, 5) is 43.8. The number of nitrogens with zero attached hydrogens (tertiary/aromatic N) is 4. The highest BCUT2D eigenvalue weighted by atomic mass is 16.2. The van der Waals surface area contributed by atoms with Crippen molar-refractivity contribution in [2.24, 2.45) is 0 Å². The van der Waals surface area contributed by atoms with Gasteiger partial charge in [-0.2, -0.15) is 0 Å². The molecular formula is C18H13N5O3. The van der Waals surface area contributed by atoms with E-state index in [1.807, 2.05) is 0 Å². The van der Waals surface area contributed by atoms with E-state index in [1.165, 1.54) is 10.5 Å². The number of carbonyl (C=O) groups excluding carboxylic acids is 2. The van der Waals surface area contributed by atoms with Gasteiger partial charge < -0.3 is 9.72 Å². The van der Waals surface area contributed by atoms with Crippen LogP contribution in [0.3, 0.4) is 0 Å². The molecule has 1 amide bonds. The third-order valence-corrected chi connectivity index (χ3v) is 3.90. The van der Waals surface area contributed by atoms with Crippen LogP contribution in [0, 0.1) is 0 Å². The van der Waals surface area contributed by atoms with Crippen LogP contribution in [-0.2, 0) is 6.54 Å². The second-order valence-electron chi connectivity index (χ2n) is 5.67. The molecule has 1 N–H and O–H groups in total. The highest BCUT2D eigenvalue weighted by Gasteiger charge is 2.11. The van der Waals surface area contributed by atoms with Gasteiger partial charge in [0, 0.05) is 30.2 Å². The number of pyridine rings is 2. The first-order valence-electron chi connectivity index (χ1n) is 7.83. The van der Waals surface area contributed by atoms with E-state index in [0.29, 0.717) is 22.6 Å². The van der Waals surface area contributed by atoms with Crippen LogP contribution in [0.2, 0.25) is 0 Å². The zero-order valence-electron chi connectivity index (χ0n) is 13.5. The summed E-state index contributed by atoms with van der Waals surface area (Å²) in [5, 5.41) is 2.70. The number of imidazole rings is 1. The maximum atomic E-state index is 12.3. The molecular weight excluding hydrogens is 334 g/mol. The molecule has 0 bridgehead atoms. The smallest absolute Gasteiger partial charge is 0.270 e. The van der Waals surface area contributed by atoms with Crippen LogP contribution < -0.4 is 10.9 Å². The van der Waals surface area contributed by atoms with E-state index in [9.17, 15) is 14.4 Å². The summed E-state index contributed by atoms with van der Waals surface area (Å²) in [6.07, 6.45) is 5.83. The Bertz CT molecular complexity index is 1210. The minimum Gasteiger partial charge on any atom is -0.345 e. The van der Waals surface area contributed by atoms with Crippen molar-refractivity contribution >= 4 is 23.5 Å². The lowest BCUT2D eigenvalue weighted by Crippen LogP contribution is -2.27. The quantitative estimate of drug-likeness (QED) is 0.557. The molecule has 8 nitrogen and oxygen atoms in total. The van der Waals surface area contributed by atoms with Gasteiger partial charge in [0.25, 0.3) is 11.5 Å². The Morgan fingerprint density at radius 2 is 2.00 bits per heavy atom. The first-order chi connectivity index (χ1) is 12.6. The molecule has 4 aromatic rings. The van der Waals surface area contributed by atoms with Crippen molar-refractivity contribution in [3.63, 3.8) is 0 Å². The summed E-state index contributed by atoms with van der Waals surface area (Å²) in [6.45, 7) is 0.173. The molecule has 26 heavy (non-hydrogen) atoms. The van der Waals surface area contributed by atoms with E-state index in [2.05, 4.69) is 15.3 Å². The lowest BCUT2D eigenvalue weighted by molar-refractivity contribution is 0.0945. The number of amides is 1. The summed E-state index contributed by atoms with van der Waals surface area (Å²) in [6, 6.07) is 9.65. The molecule has 0 atom stereocenters. The van der Waals surface area contributed by atoms with Crippen molar-refractivity contribution in [3.05, 3.63) is 82.3 Å². The monoisotopic (exact) mass is 347 g/mol. The van der Waals surface area contributed by atoms with Crippen LogP contribution in [0.25, 0.3) is 11.3 Å². The zero-order chi connectivity index (χ0) is 18.1. The Kier molecular flexibility index (Phi) is 3.77. The van der Waals surface area contributed by atoms with Crippen molar-refractivity contribution in [1.82, 2.24) is 24.1 Å². The summed E-state index contributed by atoms with van der Waals surface area (Å²) in [5.41, 5.74) is 1.89. The van der Waals surface area contributed by atoms with Gasteiger partial charge in [-0.25, -0.2) is 9.97 Å². The zero-order valence-corrected chi connectivity index (χ0v) is 13.5. The van der Waals surface area contributed by atoms with Crippen molar-refractivity contribution in [2.45, 2.75) is 6.54 Å². The average molecular weight is 347 g/mol. The second-order valence-corrected chi connectivity index (χ2v) is 5.67. The van der Waals surface area contributed by atoms with Crippen molar-refractivity contribution < 1.29 is 9.59 Å². The van der Waals surface area contributed by atoms with Crippen molar-refractivity contribution in [3.8, 4) is 0 Å². The van der Waals surface area contributed by atoms with E-state index in [0.717, 1.165) is 6.29 Å². The van der Waals surface area contributed by atoms with Crippen molar-refractivity contribution in [2.75, 3.05) is 0 Å². The lowest BCUT2D eigenvalue weighted by atomic mass is 10.3. The topological polar surface area (TPSA) is 97.8 Å². The largest absolute Gasteiger partial charge is 0.345 e. The molecule has 0 radical (unpaired) electrons. The summed E-state index contributed by atoms with van der Waals surface area (Å²) >= 11 is 0. The summed E-state index contributed by atoms with van der Waals surface area (Å²) in [7, 11) is 0. The van der Waals surface area contributed by atoms with E-state index in [-0.39, 0.29) is 17.8 Å². The predicted molar refractivity (Wildman–Crippen MR) is 93.2 cm³/mol. The molecule has 4 rings (SSSR count). The van der Waals surface area contributed by atoms with E-state index >= 15 is 0 Å². The maximum Gasteiger partial charge on any atom is 0.270 e. The molecule has 0 aromatic carbocycles. The number of aldehydes is 1. The number of hydrogen-bond acceptors (Lipinski definition) is 5. The van der Waals surface area contributed by atoms with E-state index in [4.69, 9.17) is 0 Å². The number of aromatic nitrogens is 4. The molecule has 0 unspecified atom stereocenters. The van der Waals surface area contributed by atoms with E-state index in [1.54, 1.807) is 53.3 Å². The fraction of sp³-hybridized carbons (Fsp3) is 0.0556. The fourth-order valence-electron chi connectivity index (χ4n) is 2.64. The molecule has 128 valence electrons. The maximum absolute atomic E-state index is 12.3. The molecule has 0 spiro atoms. The Morgan fingerprint density at radius 3 is 2.85 bits per heavy atom. The predicted octanol–water partition coefficient (Wildman–Crippen LogP) is 1.08. The van der Waals surface area contributed by atoms with E-state index < -0.39 is 5.91 Å². The van der Waals surface area contributed by atoms with Gasteiger partial charge in [0.2, 0.25) is 0 Å². The standard InChI is InChI=1S/C18H13N5O3/c24-11-12-4-6-22-10-13(20-16(22)7-12)9-19-18(26)14-8-17(25)23-5-2-1-3-15(23)21-14/h1-8,10-11H,9H2,(H,19,26). The third-order valence-electron chi connectivity index (χ3n) is 3.90. The van der Waals surface area contributed by atoms with Gasteiger partial charge in [0.05, 0.1) is 12.2 Å². The Balaban J connectivity index is 1.55. The molecule has 4 aromatic heterocycles. The minimum atomic E-state index is -0.459. The first kappa shape index (κ1) is 15.7. The van der Waals surface area contributed by atoms with Crippen LogP contribution in [0.4, 0.5) is 0 Å². The van der Waals surface area contributed by atoms with Gasteiger partial charge >= 0.3 is 0 Å². The molecule has 8 heteroatoms. The number of hydrogen-bond donors (Lipinski definition) is 1. The first-order valence-corrected chi connectivity index (χ1v) is 7.83. The molecule has 0 aliphatic carbocycles. The average Bonchev–Trinajstić information content (AvgIpc) is 3.08. The van der Waals surface area contributed by atoms with Crippen LogP contribution in [0.5, 0.6) is 0 Å². The third kappa shape index (κ3) is 2.84.